The second-order valence-electron chi connectivity index (χ2n) is 8.22. The fraction of sp³-hybridized carbons (Fsp3) is 0.333. The molecule has 2 aromatic heterocycles. The number of nitrogens with zero attached hydrogens (tertiary/aromatic N) is 6. The van der Waals surface area contributed by atoms with E-state index in [0.29, 0.717) is 11.4 Å². The zero-order valence-corrected chi connectivity index (χ0v) is 19.1. The van der Waals surface area contributed by atoms with Crippen LogP contribution in [0, 0.1) is 0 Å². The van der Waals surface area contributed by atoms with E-state index in [9.17, 15) is 4.79 Å². The maximum Gasteiger partial charge on any atom is 0.260 e. The van der Waals surface area contributed by atoms with E-state index in [1.165, 1.54) is 0 Å². The van der Waals surface area contributed by atoms with Crippen LogP contribution in [0.2, 0.25) is 5.02 Å². The quantitative estimate of drug-likeness (QED) is 0.574. The fourth-order valence-electron chi connectivity index (χ4n) is 4.34. The summed E-state index contributed by atoms with van der Waals surface area (Å²) in [7, 11) is 0. The van der Waals surface area contributed by atoms with Crippen LogP contribution in [-0.4, -0.2) is 63.7 Å². The number of carbonyl (C=O) groups excluding carboxylic acids is 1. The number of aromatic nitrogens is 2. The topological polar surface area (TPSA) is 78.1 Å². The Bertz CT molecular complexity index is 1110. The number of hydrogen-bond acceptors (Lipinski definition) is 7. The molecule has 1 aromatic carbocycles. The number of hydrazone groups is 1. The summed E-state index contributed by atoms with van der Waals surface area (Å²) in [4.78, 5) is 26.6. The summed E-state index contributed by atoms with van der Waals surface area (Å²) in [5.74, 6) is 1.42. The van der Waals surface area contributed by atoms with Gasteiger partial charge < -0.3 is 9.32 Å². The highest BCUT2D eigenvalue weighted by atomic mass is 35.5. The Kier molecular flexibility index (Phi) is 6.11. The van der Waals surface area contributed by atoms with Crippen molar-refractivity contribution in [2.75, 3.05) is 31.1 Å². The Morgan fingerprint density at radius 1 is 1.06 bits per heavy atom. The molecule has 0 saturated carbocycles. The van der Waals surface area contributed by atoms with Crippen molar-refractivity contribution in [1.29, 1.82) is 0 Å². The van der Waals surface area contributed by atoms with Crippen LogP contribution in [0.25, 0.3) is 0 Å². The Labute approximate surface area is 197 Å². The first kappa shape index (κ1) is 21.6. The molecule has 1 fully saturated rings. The summed E-state index contributed by atoms with van der Waals surface area (Å²) in [5.41, 5.74) is 1.80. The van der Waals surface area contributed by atoms with Crippen molar-refractivity contribution >= 4 is 29.2 Å². The van der Waals surface area contributed by atoms with Gasteiger partial charge in [0.05, 0.1) is 18.0 Å². The molecule has 1 amide bonds. The van der Waals surface area contributed by atoms with Gasteiger partial charge in [0.25, 0.3) is 5.91 Å². The largest absolute Gasteiger partial charge is 0.467 e. The molecule has 0 unspecified atom stereocenters. The van der Waals surface area contributed by atoms with E-state index in [1.54, 1.807) is 23.7 Å². The molecule has 2 aliphatic heterocycles. The second-order valence-corrected chi connectivity index (χ2v) is 8.66. The first-order valence-electron chi connectivity index (χ1n) is 11.1. The molecule has 2 aliphatic rings. The normalized spacial score (nSPS) is 20.1. The maximum atomic E-state index is 13.6. The van der Waals surface area contributed by atoms with Gasteiger partial charge >= 0.3 is 0 Å². The van der Waals surface area contributed by atoms with Crippen molar-refractivity contribution < 1.29 is 9.21 Å². The molecular weight excluding hydrogens is 440 g/mol. The number of anilines is 1. The molecule has 1 saturated heterocycles. The van der Waals surface area contributed by atoms with Crippen LogP contribution in [0.1, 0.15) is 30.7 Å². The lowest BCUT2D eigenvalue weighted by atomic mass is 10.0. The van der Waals surface area contributed by atoms with E-state index in [2.05, 4.69) is 19.8 Å². The summed E-state index contributed by atoms with van der Waals surface area (Å²) in [6.07, 6.45) is 5.72. The molecule has 33 heavy (non-hydrogen) atoms. The summed E-state index contributed by atoms with van der Waals surface area (Å²) < 4.78 is 5.67. The summed E-state index contributed by atoms with van der Waals surface area (Å²) >= 11 is 6.05. The zero-order chi connectivity index (χ0) is 22.8. The third kappa shape index (κ3) is 4.49. The maximum absolute atomic E-state index is 13.6. The molecule has 0 radical (unpaired) electrons. The van der Waals surface area contributed by atoms with Gasteiger partial charge in [0.15, 0.2) is 0 Å². The van der Waals surface area contributed by atoms with Crippen molar-refractivity contribution in [2.45, 2.75) is 25.4 Å². The summed E-state index contributed by atoms with van der Waals surface area (Å²) in [6, 6.07) is 12.5. The van der Waals surface area contributed by atoms with Crippen LogP contribution in [-0.2, 0) is 4.79 Å². The number of benzene rings is 1. The third-order valence-corrected chi connectivity index (χ3v) is 6.49. The van der Waals surface area contributed by atoms with Gasteiger partial charge in [0.1, 0.15) is 11.8 Å². The molecule has 9 heteroatoms. The van der Waals surface area contributed by atoms with E-state index in [-0.39, 0.29) is 18.0 Å². The summed E-state index contributed by atoms with van der Waals surface area (Å²) in [6.45, 7) is 4.98. The molecule has 0 N–H and O–H groups in total. The molecule has 5 rings (SSSR count). The van der Waals surface area contributed by atoms with Gasteiger partial charge in [-0.15, -0.1) is 0 Å². The second kappa shape index (κ2) is 9.33. The van der Waals surface area contributed by atoms with E-state index >= 15 is 0 Å². The average Bonchev–Trinajstić information content (AvgIpc) is 3.55. The van der Waals surface area contributed by atoms with Crippen molar-refractivity contribution in [3.05, 3.63) is 77.5 Å². The lowest BCUT2D eigenvalue weighted by Gasteiger charge is -2.38. The molecule has 0 aliphatic carbocycles. The van der Waals surface area contributed by atoms with Crippen LogP contribution in [0.15, 0.2) is 70.6 Å². The minimum absolute atomic E-state index is 0.0372. The first-order chi connectivity index (χ1) is 16.1. The number of furan rings is 1. The Morgan fingerprint density at radius 3 is 2.45 bits per heavy atom. The fourth-order valence-corrected chi connectivity index (χ4v) is 4.47. The van der Waals surface area contributed by atoms with E-state index < -0.39 is 0 Å². The van der Waals surface area contributed by atoms with Crippen LogP contribution in [0.5, 0.6) is 0 Å². The van der Waals surface area contributed by atoms with E-state index in [4.69, 9.17) is 21.1 Å². The predicted molar refractivity (Wildman–Crippen MR) is 126 cm³/mol. The third-order valence-electron chi connectivity index (χ3n) is 6.24. The predicted octanol–water partition coefficient (Wildman–Crippen LogP) is 3.61. The van der Waals surface area contributed by atoms with E-state index in [1.807, 2.05) is 49.4 Å². The standard InChI is InChI=1S/C24H25ClN6O2/c1-17(29-11-13-30(14-12-29)24-26-9-3-10-27-24)23(32)31-21(22-4-2-15-33-22)16-20(28-31)18-5-7-19(25)8-6-18/h2-10,15,17,21H,11-14,16H2,1H3/t17-,21-/m0/s1. The molecule has 4 heterocycles. The van der Waals surface area contributed by atoms with E-state index in [0.717, 1.165) is 49.2 Å². The summed E-state index contributed by atoms with van der Waals surface area (Å²) in [5, 5.41) is 7.01. The number of amides is 1. The number of rotatable bonds is 5. The van der Waals surface area contributed by atoms with Crippen molar-refractivity contribution in [3.63, 3.8) is 0 Å². The number of hydrogen-bond donors (Lipinski definition) is 0. The highest BCUT2D eigenvalue weighted by Gasteiger charge is 2.38. The molecular formula is C24H25ClN6O2. The van der Waals surface area contributed by atoms with Crippen LogP contribution >= 0.6 is 11.6 Å². The van der Waals surface area contributed by atoms with Crippen LogP contribution in [0.4, 0.5) is 5.95 Å². The monoisotopic (exact) mass is 464 g/mol. The lowest BCUT2D eigenvalue weighted by Crippen LogP contribution is -2.54. The van der Waals surface area contributed by atoms with Gasteiger partial charge in [0.2, 0.25) is 5.95 Å². The molecule has 3 aromatic rings. The Balaban J connectivity index is 1.32. The van der Waals surface area contributed by atoms with Gasteiger partial charge in [-0.2, -0.15) is 5.10 Å². The highest BCUT2D eigenvalue weighted by Crippen LogP contribution is 2.34. The molecule has 0 bridgehead atoms. The first-order valence-corrected chi connectivity index (χ1v) is 11.4. The van der Waals surface area contributed by atoms with Crippen molar-refractivity contribution in [1.82, 2.24) is 19.9 Å². The molecule has 170 valence electrons. The van der Waals surface area contributed by atoms with Crippen LogP contribution in [0.3, 0.4) is 0 Å². The Hall–Kier alpha value is -3.23. The van der Waals surface area contributed by atoms with Gasteiger partial charge in [-0.3, -0.25) is 9.69 Å². The molecule has 0 spiro atoms. The number of carbonyl (C=O) groups is 1. The van der Waals surface area contributed by atoms with Gasteiger partial charge in [-0.1, -0.05) is 23.7 Å². The SMILES string of the molecule is C[C@@H](C(=O)N1N=C(c2ccc(Cl)cc2)C[C@H]1c1ccco1)N1CCN(c2ncccn2)CC1. The highest BCUT2D eigenvalue weighted by molar-refractivity contribution is 6.30. The number of piperazine rings is 1. The van der Waals surface area contributed by atoms with Crippen molar-refractivity contribution in [2.24, 2.45) is 5.10 Å². The average molecular weight is 465 g/mol. The van der Waals surface area contributed by atoms with Gasteiger partial charge in [0, 0.05) is 50.0 Å². The van der Waals surface area contributed by atoms with Crippen LogP contribution < -0.4 is 4.90 Å². The molecule has 8 nitrogen and oxygen atoms in total. The zero-order valence-electron chi connectivity index (χ0n) is 18.3. The lowest BCUT2D eigenvalue weighted by molar-refractivity contribution is -0.138. The minimum Gasteiger partial charge on any atom is -0.467 e. The molecule has 2 atom stereocenters. The van der Waals surface area contributed by atoms with Gasteiger partial charge in [-0.05, 0) is 42.8 Å². The van der Waals surface area contributed by atoms with Gasteiger partial charge in [-0.25, -0.2) is 15.0 Å². The smallest absolute Gasteiger partial charge is 0.260 e. The minimum atomic E-state index is -0.311. The number of halogens is 1. The van der Waals surface area contributed by atoms with Crippen molar-refractivity contribution in [3.8, 4) is 0 Å². The Morgan fingerprint density at radius 2 is 1.79 bits per heavy atom.